The second-order valence-electron chi connectivity index (χ2n) is 7.12. The zero-order chi connectivity index (χ0) is 18.6. The van der Waals surface area contributed by atoms with Crippen LogP contribution in [0.1, 0.15) is 42.5 Å². The minimum atomic E-state index is 0.0285. The van der Waals surface area contributed by atoms with E-state index in [-0.39, 0.29) is 18.1 Å². The summed E-state index contributed by atoms with van der Waals surface area (Å²) < 4.78 is 11.8. The smallest absolute Gasteiger partial charge is 0.254 e. The fourth-order valence-corrected chi connectivity index (χ4v) is 3.46. The number of carbonyl (C=O) groups is 1. The van der Waals surface area contributed by atoms with E-state index in [0.29, 0.717) is 29.6 Å². The number of amides is 1. The van der Waals surface area contributed by atoms with Crippen LogP contribution in [0.15, 0.2) is 42.6 Å². The van der Waals surface area contributed by atoms with Crippen LogP contribution < -0.4 is 9.47 Å². The van der Waals surface area contributed by atoms with Crippen molar-refractivity contribution in [3.05, 3.63) is 53.2 Å². The quantitative estimate of drug-likeness (QED) is 0.766. The van der Waals surface area contributed by atoms with Crippen LogP contribution in [0.4, 0.5) is 0 Å². The molecule has 27 heavy (non-hydrogen) atoms. The van der Waals surface area contributed by atoms with Crippen molar-refractivity contribution < 1.29 is 14.3 Å². The maximum atomic E-state index is 12.8. The Morgan fingerprint density at radius 3 is 2.37 bits per heavy atom. The molecule has 0 atom stereocenters. The topological polar surface area (TPSA) is 51.7 Å². The van der Waals surface area contributed by atoms with Gasteiger partial charge >= 0.3 is 0 Å². The Bertz CT molecular complexity index is 784. The fourth-order valence-electron chi connectivity index (χ4n) is 3.33. The van der Waals surface area contributed by atoms with Crippen LogP contribution in [0.2, 0.25) is 5.02 Å². The molecule has 1 amide bonds. The molecule has 0 unspecified atom stereocenters. The van der Waals surface area contributed by atoms with E-state index in [2.05, 4.69) is 4.98 Å². The predicted molar refractivity (Wildman–Crippen MR) is 104 cm³/mol. The maximum Gasteiger partial charge on any atom is 0.254 e. The maximum absolute atomic E-state index is 12.8. The van der Waals surface area contributed by atoms with Gasteiger partial charge in [-0.3, -0.25) is 4.79 Å². The highest BCUT2D eigenvalue weighted by Crippen LogP contribution is 2.25. The van der Waals surface area contributed by atoms with Gasteiger partial charge in [-0.15, -0.1) is 0 Å². The van der Waals surface area contributed by atoms with Crippen molar-refractivity contribution in [3.63, 3.8) is 0 Å². The van der Waals surface area contributed by atoms with Crippen molar-refractivity contribution in [3.8, 4) is 11.6 Å². The Hall–Kier alpha value is -2.27. The van der Waals surface area contributed by atoms with Crippen LogP contribution in [0, 0.1) is 0 Å². The van der Waals surface area contributed by atoms with Crippen LogP contribution in [0.5, 0.6) is 11.6 Å². The highest BCUT2D eigenvalue weighted by molar-refractivity contribution is 6.30. The number of nitrogens with zero attached hydrogens (tertiary/aromatic N) is 2. The summed E-state index contributed by atoms with van der Waals surface area (Å²) in [5, 5.41) is 0.695. The molecule has 1 aliphatic carbocycles. The van der Waals surface area contributed by atoms with E-state index in [1.165, 1.54) is 6.42 Å². The SMILES string of the molecule is O=C(c1ccnc(OC2CCC2)c1)N1CCC(Oc2ccc(Cl)cc2)CC1. The van der Waals surface area contributed by atoms with Gasteiger partial charge in [0.2, 0.25) is 5.88 Å². The highest BCUT2D eigenvalue weighted by Gasteiger charge is 2.26. The first-order valence-electron chi connectivity index (χ1n) is 9.51. The standard InChI is InChI=1S/C21H23ClN2O3/c22-16-4-6-18(7-5-16)26-19-9-12-24(13-10-19)21(25)15-8-11-23-20(14-15)27-17-2-1-3-17/h4-8,11,14,17,19H,1-3,9-10,12-13H2. The molecule has 1 aliphatic heterocycles. The average molecular weight is 387 g/mol. The lowest BCUT2D eigenvalue weighted by Crippen LogP contribution is -2.41. The number of carbonyl (C=O) groups excluding carboxylic acids is 1. The first-order chi connectivity index (χ1) is 13.2. The number of benzene rings is 1. The summed E-state index contributed by atoms with van der Waals surface area (Å²) in [6.07, 6.45) is 6.99. The van der Waals surface area contributed by atoms with Gasteiger partial charge < -0.3 is 14.4 Å². The van der Waals surface area contributed by atoms with E-state index >= 15 is 0 Å². The van der Waals surface area contributed by atoms with Crippen LogP contribution in [0.25, 0.3) is 0 Å². The van der Waals surface area contributed by atoms with E-state index in [9.17, 15) is 4.79 Å². The van der Waals surface area contributed by atoms with Gasteiger partial charge in [-0.25, -0.2) is 4.98 Å². The summed E-state index contributed by atoms with van der Waals surface area (Å²) >= 11 is 5.90. The van der Waals surface area contributed by atoms with Gasteiger partial charge in [-0.1, -0.05) is 11.6 Å². The van der Waals surface area contributed by atoms with Crippen molar-refractivity contribution in [1.82, 2.24) is 9.88 Å². The summed E-state index contributed by atoms with van der Waals surface area (Å²) in [7, 11) is 0. The first kappa shape index (κ1) is 18.1. The molecule has 0 bridgehead atoms. The van der Waals surface area contributed by atoms with Gasteiger partial charge in [0.05, 0.1) is 0 Å². The van der Waals surface area contributed by atoms with E-state index in [1.807, 2.05) is 29.2 Å². The third-order valence-corrected chi connectivity index (χ3v) is 5.42. The summed E-state index contributed by atoms with van der Waals surface area (Å²) in [5.74, 6) is 1.39. The number of hydrogen-bond acceptors (Lipinski definition) is 4. The molecule has 5 nitrogen and oxygen atoms in total. The summed E-state index contributed by atoms with van der Waals surface area (Å²) in [6, 6.07) is 10.9. The molecule has 1 aromatic carbocycles. The molecule has 1 saturated carbocycles. The summed E-state index contributed by atoms with van der Waals surface area (Å²) in [6.45, 7) is 1.36. The number of piperidine rings is 1. The molecule has 1 aromatic heterocycles. The molecule has 6 heteroatoms. The van der Waals surface area contributed by atoms with E-state index in [0.717, 1.165) is 31.4 Å². The molecule has 2 heterocycles. The normalized spacial score (nSPS) is 18.0. The largest absolute Gasteiger partial charge is 0.490 e. The predicted octanol–water partition coefficient (Wildman–Crippen LogP) is 4.35. The van der Waals surface area contributed by atoms with Crippen molar-refractivity contribution in [2.75, 3.05) is 13.1 Å². The Labute approximate surface area is 164 Å². The molecule has 142 valence electrons. The Morgan fingerprint density at radius 1 is 1.00 bits per heavy atom. The number of halogens is 1. The number of likely N-dealkylation sites (tertiary alicyclic amines) is 1. The Balaban J connectivity index is 1.31. The molecular formula is C21H23ClN2O3. The van der Waals surface area contributed by atoms with E-state index in [4.69, 9.17) is 21.1 Å². The molecular weight excluding hydrogens is 364 g/mol. The molecule has 1 saturated heterocycles. The van der Waals surface area contributed by atoms with Gasteiger partial charge in [0.25, 0.3) is 5.91 Å². The minimum Gasteiger partial charge on any atom is -0.490 e. The first-order valence-corrected chi connectivity index (χ1v) is 9.89. The third kappa shape index (κ3) is 4.53. The lowest BCUT2D eigenvalue weighted by atomic mass is 9.96. The van der Waals surface area contributed by atoms with Crippen LogP contribution in [0.3, 0.4) is 0 Å². The number of rotatable bonds is 5. The summed E-state index contributed by atoms with van der Waals surface area (Å²) in [4.78, 5) is 18.9. The molecule has 4 rings (SSSR count). The van der Waals surface area contributed by atoms with Gasteiger partial charge in [0.15, 0.2) is 0 Å². The lowest BCUT2D eigenvalue weighted by molar-refractivity contribution is 0.0593. The monoisotopic (exact) mass is 386 g/mol. The van der Waals surface area contributed by atoms with Crippen LogP contribution in [-0.2, 0) is 0 Å². The van der Waals surface area contributed by atoms with Crippen molar-refractivity contribution >= 4 is 17.5 Å². The molecule has 0 N–H and O–H groups in total. The molecule has 2 aromatic rings. The number of pyridine rings is 1. The second kappa shape index (κ2) is 8.17. The zero-order valence-corrected chi connectivity index (χ0v) is 15.9. The number of ether oxygens (including phenoxy) is 2. The molecule has 0 spiro atoms. The van der Waals surface area contributed by atoms with Gasteiger partial charge in [0, 0.05) is 48.8 Å². The zero-order valence-electron chi connectivity index (χ0n) is 15.1. The molecule has 2 aliphatic rings. The Kier molecular flexibility index (Phi) is 5.48. The second-order valence-corrected chi connectivity index (χ2v) is 7.55. The summed E-state index contributed by atoms with van der Waals surface area (Å²) in [5.41, 5.74) is 0.636. The van der Waals surface area contributed by atoms with Gasteiger partial charge in [-0.05, 0) is 49.6 Å². The van der Waals surface area contributed by atoms with E-state index in [1.54, 1.807) is 18.3 Å². The van der Waals surface area contributed by atoms with E-state index < -0.39 is 0 Å². The third-order valence-electron chi connectivity index (χ3n) is 5.17. The number of hydrogen-bond donors (Lipinski definition) is 0. The average Bonchev–Trinajstić information content (AvgIpc) is 2.67. The van der Waals surface area contributed by atoms with Crippen molar-refractivity contribution in [2.45, 2.75) is 44.3 Å². The van der Waals surface area contributed by atoms with Gasteiger partial charge in [0.1, 0.15) is 18.0 Å². The molecule has 2 fully saturated rings. The molecule has 0 radical (unpaired) electrons. The van der Waals surface area contributed by atoms with Crippen LogP contribution in [-0.4, -0.2) is 41.1 Å². The lowest BCUT2D eigenvalue weighted by Gasteiger charge is -2.32. The number of aromatic nitrogens is 1. The van der Waals surface area contributed by atoms with Crippen molar-refractivity contribution in [2.24, 2.45) is 0 Å². The van der Waals surface area contributed by atoms with Crippen molar-refractivity contribution in [1.29, 1.82) is 0 Å². The Morgan fingerprint density at radius 2 is 1.70 bits per heavy atom. The fraction of sp³-hybridized carbons (Fsp3) is 0.429. The minimum absolute atomic E-state index is 0.0285. The van der Waals surface area contributed by atoms with Gasteiger partial charge in [-0.2, -0.15) is 0 Å². The van der Waals surface area contributed by atoms with Crippen LogP contribution >= 0.6 is 11.6 Å². The highest BCUT2D eigenvalue weighted by atomic mass is 35.5.